The van der Waals surface area contributed by atoms with Gasteiger partial charge in [-0.25, -0.2) is 0 Å². The zero-order chi connectivity index (χ0) is 6.41. The molecule has 7 nitrogen and oxygen atoms in total. The molecule has 0 aromatic carbocycles. The van der Waals surface area contributed by atoms with Gasteiger partial charge in [0.2, 0.25) is 0 Å². The molecular formula is N6OP+. The topological polar surface area (TPSA) is 115 Å². The lowest BCUT2D eigenvalue weighted by molar-refractivity contribution is 0.589. The Kier molecular flexibility index (Phi) is 3.27. The molecule has 0 aliphatic rings. The molecule has 0 aliphatic heterocycles. The van der Waals surface area contributed by atoms with E-state index < -0.39 is 8.10 Å². The largest absolute Gasteiger partial charge is 0.584 e. The summed E-state index contributed by atoms with van der Waals surface area (Å²) in [5, 5.41) is 0. The first-order valence-corrected chi connectivity index (χ1v) is 2.55. The Morgan fingerprint density at radius 2 is 1.62 bits per heavy atom. The molecule has 40 valence electrons. The maximum atomic E-state index is 9.95. The van der Waals surface area contributed by atoms with Crippen LogP contribution in [0.2, 0.25) is 0 Å². The molecule has 0 atom stereocenters. The van der Waals surface area contributed by atoms with Crippen molar-refractivity contribution in [1.82, 2.24) is 0 Å². The van der Waals surface area contributed by atoms with Gasteiger partial charge in [-0.1, -0.05) is 0 Å². The second kappa shape index (κ2) is 3.89. The summed E-state index contributed by atoms with van der Waals surface area (Å²) in [5.74, 6) is 0. The van der Waals surface area contributed by atoms with Gasteiger partial charge < -0.3 is 0 Å². The van der Waals surface area contributed by atoms with E-state index in [0.29, 0.717) is 0 Å². The van der Waals surface area contributed by atoms with Crippen LogP contribution in [-0.2, 0) is 4.57 Å². The maximum Gasteiger partial charge on any atom is 0.584 e. The average Bonchev–Trinajstić information content (AvgIpc) is 1.68. The highest BCUT2D eigenvalue weighted by Gasteiger charge is 2.07. The van der Waals surface area contributed by atoms with E-state index in [4.69, 9.17) is 11.1 Å². The molecule has 0 saturated carbocycles. The molecular weight excluding hydrogens is 131 g/mol. The van der Waals surface area contributed by atoms with Crippen molar-refractivity contribution in [2.45, 2.75) is 0 Å². The van der Waals surface area contributed by atoms with Gasteiger partial charge in [-0.15, -0.1) is 0 Å². The van der Waals surface area contributed by atoms with E-state index in [1.54, 1.807) is 0 Å². The van der Waals surface area contributed by atoms with Crippen molar-refractivity contribution in [2.75, 3.05) is 0 Å². The molecule has 0 heterocycles. The van der Waals surface area contributed by atoms with E-state index in [2.05, 4.69) is 19.6 Å². The van der Waals surface area contributed by atoms with Gasteiger partial charge in [-0.05, 0) is 4.57 Å². The second-order valence-corrected chi connectivity index (χ2v) is 1.47. The van der Waals surface area contributed by atoms with Crippen LogP contribution in [0.4, 0.5) is 0 Å². The van der Waals surface area contributed by atoms with Crippen LogP contribution >= 0.6 is 8.10 Å². The minimum Gasteiger partial charge on any atom is -0.0402 e. The predicted octanol–water partition coefficient (Wildman–Crippen LogP) is 2.26. The molecule has 8 heavy (non-hydrogen) atoms. The van der Waals surface area contributed by atoms with Gasteiger partial charge in [0, 0.05) is 20.9 Å². The van der Waals surface area contributed by atoms with Gasteiger partial charge in [0.15, 0.2) is 9.77 Å². The Balaban J connectivity index is 4.04. The van der Waals surface area contributed by atoms with Gasteiger partial charge in [-0.2, -0.15) is 0 Å². The maximum absolute atomic E-state index is 9.95. The number of rotatable bonds is 2. The molecule has 0 aliphatic carbocycles. The molecule has 0 saturated heterocycles. The zero-order valence-electron chi connectivity index (χ0n) is 3.54. The minimum atomic E-state index is -2.41. The van der Waals surface area contributed by atoms with Crippen molar-refractivity contribution < 1.29 is 4.57 Å². The Morgan fingerprint density at radius 3 is 1.88 bits per heavy atom. The number of hydrogen-bond acceptors (Lipinski definition) is 1. The van der Waals surface area contributed by atoms with Gasteiger partial charge in [-0.3, -0.25) is 0 Å². The first kappa shape index (κ1) is 6.72. The van der Waals surface area contributed by atoms with Crippen molar-refractivity contribution in [3.63, 3.8) is 0 Å². The molecule has 0 unspecified atom stereocenters. The Bertz CT molecular complexity index is 161. The van der Waals surface area contributed by atoms with Crippen LogP contribution in [0.25, 0.3) is 20.9 Å². The van der Waals surface area contributed by atoms with Crippen LogP contribution in [-0.4, -0.2) is 0 Å². The van der Waals surface area contributed by atoms with Gasteiger partial charge in [0.05, 0.1) is 0 Å². The van der Waals surface area contributed by atoms with E-state index in [9.17, 15) is 4.57 Å². The monoisotopic (exact) mass is 131 g/mol. The van der Waals surface area contributed by atoms with E-state index in [1.165, 1.54) is 0 Å². The van der Waals surface area contributed by atoms with Crippen LogP contribution < -0.4 is 0 Å². The fraction of sp³-hybridized carbons (Fsp3) is 0. The summed E-state index contributed by atoms with van der Waals surface area (Å²) in [5.41, 5.74) is 15.1. The van der Waals surface area contributed by atoms with Crippen LogP contribution in [0.1, 0.15) is 0 Å². The van der Waals surface area contributed by atoms with Crippen molar-refractivity contribution >= 4 is 8.10 Å². The third-order valence-electron chi connectivity index (χ3n) is 0.233. The summed E-state index contributed by atoms with van der Waals surface area (Å²) in [4.78, 5) is 9.43. The first-order valence-electron chi connectivity index (χ1n) is 1.38. The van der Waals surface area contributed by atoms with Crippen molar-refractivity contribution in [3.8, 4) is 0 Å². The van der Waals surface area contributed by atoms with Crippen LogP contribution in [0.15, 0.2) is 9.77 Å². The quantitative estimate of drug-likeness (QED) is 0.243. The standard InChI is InChI=1S/N6OP/c1-3-5-8(7)6-4-2/q+1. The van der Waals surface area contributed by atoms with E-state index in [0.717, 1.165) is 0 Å². The molecule has 0 aromatic rings. The molecule has 0 bridgehead atoms. The SMILES string of the molecule is [N-]=[N+]=N[P+](=O)N=[N+]=[N-]. The predicted molar refractivity (Wildman–Crippen MR) is 25.9 cm³/mol. The Hall–Kier alpha value is -1.28. The van der Waals surface area contributed by atoms with Crippen LogP contribution in [0.3, 0.4) is 0 Å². The molecule has 0 N–H and O–H groups in total. The fourth-order valence-corrected chi connectivity index (χ4v) is 0.259. The fourth-order valence-electron chi connectivity index (χ4n) is 0.0863. The highest BCUT2D eigenvalue weighted by molar-refractivity contribution is 7.41. The smallest absolute Gasteiger partial charge is 0.0402 e. The van der Waals surface area contributed by atoms with E-state index in [-0.39, 0.29) is 0 Å². The van der Waals surface area contributed by atoms with Gasteiger partial charge >= 0.3 is 8.10 Å². The van der Waals surface area contributed by atoms with Crippen LogP contribution in [0.5, 0.6) is 0 Å². The summed E-state index contributed by atoms with van der Waals surface area (Å²) in [6.07, 6.45) is 0. The molecule has 0 amide bonds. The molecule has 0 spiro atoms. The Labute approximate surface area is 44.5 Å². The third kappa shape index (κ3) is 2.93. The molecule has 8 heteroatoms. The molecule has 0 radical (unpaired) electrons. The Morgan fingerprint density at radius 1 is 1.25 bits per heavy atom. The van der Waals surface area contributed by atoms with Gasteiger partial charge in [0.25, 0.3) is 0 Å². The summed E-state index contributed by atoms with van der Waals surface area (Å²) in [7, 11) is -2.41. The van der Waals surface area contributed by atoms with E-state index in [1.807, 2.05) is 0 Å². The highest BCUT2D eigenvalue weighted by Crippen LogP contribution is 2.23. The summed E-state index contributed by atoms with van der Waals surface area (Å²) < 4.78 is 9.95. The van der Waals surface area contributed by atoms with Crippen molar-refractivity contribution in [1.29, 1.82) is 0 Å². The first-order chi connectivity index (χ1) is 3.81. The number of hydrogen-bond donors (Lipinski definition) is 0. The third-order valence-corrected chi connectivity index (χ3v) is 0.699. The van der Waals surface area contributed by atoms with Crippen molar-refractivity contribution in [2.24, 2.45) is 9.77 Å². The van der Waals surface area contributed by atoms with Gasteiger partial charge in [0.1, 0.15) is 0 Å². The minimum absolute atomic E-state index is 2.13. The lowest BCUT2D eigenvalue weighted by atomic mass is 13.0. The average molecular weight is 131 g/mol. The number of azide groups is 1. The normalized spacial score (nSPS) is 8.25. The van der Waals surface area contributed by atoms with E-state index >= 15 is 0 Å². The molecule has 0 aromatic heterocycles. The lowest BCUT2D eigenvalue weighted by Gasteiger charge is -1.45. The van der Waals surface area contributed by atoms with Crippen LogP contribution in [0, 0.1) is 0 Å². The molecule has 0 rings (SSSR count). The second-order valence-electron chi connectivity index (χ2n) is 0.611. The molecule has 0 fully saturated rings. The highest BCUT2D eigenvalue weighted by atomic mass is 31.1. The zero-order valence-corrected chi connectivity index (χ0v) is 4.43. The summed E-state index contributed by atoms with van der Waals surface area (Å²) in [6.45, 7) is 0. The summed E-state index contributed by atoms with van der Waals surface area (Å²) in [6, 6.07) is 0. The number of nitrogens with zero attached hydrogens (tertiary/aromatic N) is 6. The summed E-state index contributed by atoms with van der Waals surface area (Å²) >= 11 is 0. The van der Waals surface area contributed by atoms with Crippen molar-refractivity contribution in [3.05, 3.63) is 20.9 Å². The lowest BCUT2D eigenvalue weighted by Crippen LogP contribution is -1.33.